The zero-order chi connectivity index (χ0) is 12.7. The van der Waals surface area contributed by atoms with Crippen LogP contribution in [-0.2, 0) is 0 Å². The topological polar surface area (TPSA) is 41.1 Å². The Morgan fingerprint density at radius 3 is 2.88 bits per heavy atom. The molecule has 0 fully saturated rings. The van der Waals surface area contributed by atoms with E-state index in [1.165, 1.54) is 12.1 Å². The minimum atomic E-state index is -0.289. The van der Waals surface area contributed by atoms with Gasteiger partial charge in [0, 0.05) is 6.54 Å². The van der Waals surface area contributed by atoms with Crippen LogP contribution in [0.3, 0.4) is 0 Å². The first-order valence-electron chi connectivity index (χ1n) is 5.93. The molecule has 2 amide bonds. The predicted molar refractivity (Wildman–Crippen MR) is 66.3 cm³/mol. The maximum atomic E-state index is 13.0. The smallest absolute Gasteiger partial charge is 0.315 e. The summed E-state index contributed by atoms with van der Waals surface area (Å²) in [5, 5.41) is 5.52. The van der Waals surface area contributed by atoms with Gasteiger partial charge in [0.25, 0.3) is 0 Å². The summed E-state index contributed by atoms with van der Waals surface area (Å²) < 4.78 is 13.0. The van der Waals surface area contributed by atoms with E-state index in [0.29, 0.717) is 6.54 Å². The number of carbonyl (C=O) groups is 1. The highest BCUT2D eigenvalue weighted by molar-refractivity contribution is 5.74. The Bertz CT molecular complexity index is 368. The van der Waals surface area contributed by atoms with Crippen LogP contribution in [0.25, 0.3) is 0 Å². The van der Waals surface area contributed by atoms with Crippen LogP contribution >= 0.6 is 0 Å². The Hall–Kier alpha value is -1.58. The van der Waals surface area contributed by atoms with Crippen LogP contribution in [0.4, 0.5) is 9.18 Å². The molecule has 17 heavy (non-hydrogen) atoms. The van der Waals surface area contributed by atoms with E-state index < -0.39 is 0 Å². The minimum Gasteiger partial charge on any atom is -0.338 e. The molecule has 0 heterocycles. The molecule has 0 aliphatic carbocycles. The van der Waals surface area contributed by atoms with Gasteiger partial charge in [-0.15, -0.1) is 0 Å². The Morgan fingerprint density at radius 2 is 2.24 bits per heavy atom. The maximum Gasteiger partial charge on any atom is 0.315 e. The average molecular weight is 238 g/mol. The summed E-state index contributed by atoms with van der Waals surface area (Å²) in [7, 11) is 0. The lowest BCUT2D eigenvalue weighted by atomic mass is 10.1. The number of hydrogen-bond donors (Lipinski definition) is 2. The number of hydrogen-bond acceptors (Lipinski definition) is 1. The maximum absolute atomic E-state index is 13.0. The van der Waals surface area contributed by atoms with Crippen molar-refractivity contribution in [3.63, 3.8) is 0 Å². The minimum absolute atomic E-state index is 0.202. The number of benzene rings is 1. The van der Waals surface area contributed by atoms with Crippen LogP contribution < -0.4 is 10.6 Å². The van der Waals surface area contributed by atoms with Gasteiger partial charge < -0.3 is 10.6 Å². The molecule has 4 heteroatoms. The number of halogens is 1. The van der Waals surface area contributed by atoms with Crippen molar-refractivity contribution in [2.24, 2.45) is 0 Å². The molecule has 0 saturated heterocycles. The third-order valence-corrected chi connectivity index (χ3v) is 2.51. The largest absolute Gasteiger partial charge is 0.338 e. The van der Waals surface area contributed by atoms with Crippen molar-refractivity contribution in [1.82, 2.24) is 10.6 Å². The van der Waals surface area contributed by atoms with Crippen LogP contribution in [0.1, 0.15) is 38.3 Å². The Labute approximate surface area is 101 Å². The molecule has 0 radical (unpaired) electrons. The highest BCUT2D eigenvalue weighted by atomic mass is 19.1. The van der Waals surface area contributed by atoms with Gasteiger partial charge in [0.15, 0.2) is 0 Å². The molecule has 0 aliphatic rings. The first-order valence-corrected chi connectivity index (χ1v) is 5.93. The van der Waals surface area contributed by atoms with E-state index >= 15 is 0 Å². The Balaban J connectivity index is 2.43. The van der Waals surface area contributed by atoms with Gasteiger partial charge in [-0.05, 0) is 31.0 Å². The summed E-state index contributed by atoms with van der Waals surface area (Å²) in [6, 6.07) is 5.83. The highest BCUT2D eigenvalue weighted by Crippen LogP contribution is 2.12. The standard InChI is InChI=1S/C13H19FN2O/c1-3-4-8-15-13(17)16-10(2)11-6-5-7-12(14)9-11/h5-7,9-10H,3-4,8H2,1-2H3,(H2,15,16,17). The predicted octanol–water partition coefficient (Wildman–Crippen LogP) is 2.99. The van der Waals surface area contributed by atoms with Gasteiger partial charge in [-0.2, -0.15) is 0 Å². The second kappa shape index (κ2) is 6.89. The van der Waals surface area contributed by atoms with Crippen LogP contribution in [0.2, 0.25) is 0 Å². The molecule has 1 unspecified atom stereocenters. The molecule has 3 nitrogen and oxygen atoms in total. The molecule has 0 aliphatic heterocycles. The van der Waals surface area contributed by atoms with Gasteiger partial charge in [0.2, 0.25) is 0 Å². The highest BCUT2D eigenvalue weighted by Gasteiger charge is 2.09. The fraction of sp³-hybridized carbons (Fsp3) is 0.462. The van der Waals surface area contributed by atoms with Gasteiger partial charge in [-0.1, -0.05) is 25.5 Å². The number of urea groups is 1. The van der Waals surface area contributed by atoms with Crippen LogP contribution in [-0.4, -0.2) is 12.6 Å². The molecule has 0 aromatic heterocycles. The molecule has 1 rings (SSSR count). The van der Waals surface area contributed by atoms with Gasteiger partial charge >= 0.3 is 6.03 Å². The number of rotatable bonds is 5. The van der Waals surface area contributed by atoms with Crippen LogP contribution in [0.5, 0.6) is 0 Å². The van der Waals surface area contributed by atoms with Crippen molar-refractivity contribution in [2.45, 2.75) is 32.7 Å². The fourth-order valence-electron chi connectivity index (χ4n) is 1.49. The van der Waals surface area contributed by atoms with E-state index in [9.17, 15) is 9.18 Å². The first kappa shape index (κ1) is 13.5. The molecule has 0 spiro atoms. The lowest BCUT2D eigenvalue weighted by molar-refractivity contribution is 0.237. The zero-order valence-electron chi connectivity index (χ0n) is 10.3. The summed E-state index contributed by atoms with van der Waals surface area (Å²) >= 11 is 0. The van der Waals surface area contributed by atoms with Crippen molar-refractivity contribution in [1.29, 1.82) is 0 Å². The monoisotopic (exact) mass is 238 g/mol. The van der Waals surface area contributed by atoms with Crippen molar-refractivity contribution in [3.8, 4) is 0 Å². The number of unbranched alkanes of at least 4 members (excludes halogenated alkanes) is 1. The Morgan fingerprint density at radius 1 is 1.47 bits per heavy atom. The van der Waals surface area contributed by atoms with E-state index in [2.05, 4.69) is 17.6 Å². The summed E-state index contributed by atoms with van der Waals surface area (Å²) in [4.78, 5) is 11.5. The van der Waals surface area contributed by atoms with Gasteiger partial charge in [0.05, 0.1) is 6.04 Å². The molecule has 94 valence electrons. The third kappa shape index (κ3) is 4.85. The molecule has 0 bridgehead atoms. The molecule has 1 atom stereocenters. The van der Waals surface area contributed by atoms with Crippen LogP contribution in [0, 0.1) is 5.82 Å². The third-order valence-electron chi connectivity index (χ3n) is 2.51. The summed E-state index contributed by atoms with van der Waals surface area (Å²) in [5.41, 5.74) is 0.760. The van der Waals surface area contributed by atoms with E-state index in [1.54, 1.807) is 12.1 Å². The zero-order valence-corrected chi connectivity index (χ0v) is 10.3. The molecule has 0 saturated carbocycles. The van der Waals surface area contributed by atoms with E-state index in [4.69, 9.17) is 0 Å². The van der Waals surface area contributed by atoms with Crippen molar-refractivity contribution in [2.75, 3.05) is 6.54 Å². The average Bonchev–Trinajstić information content (AvgIpc) is 2.29. The number of amides is 2. The van der Waals surface area contributed by atoms with Crippen molar-refractivity contribution in [3.05, 3.63) is 35.6 Å². The van der Waals surface area contributed by atoms with Crippen LogP contribution in [0.15, 0.2) is 24.3 Å². The second-order valence-electron chi connectivity index (χ2n) is 4.03. The normalized spacial score (nSPS) is 11.9. The number of nitrogens with one attached hydrogen (secondary N) is 2. The van der Waals surface area contributed by atoms with E-state index in [1.807, 2.05) is 6.92 Å². The van der Waals surface area contributed by atoms with Gasteiger partial charge in [-0.3, -0.25) is 0 Å². The summed E-state index contributed by atoms with van der Waals surface area (Å²) in [6.07, 6.45) is 2.00. The van der Waals surface area contributed by atoms with Gasteiger partial charge in [-0.25, -0.2) is 9.18 Å². The summed E-state index contributed by atoms with van der Waals surface area (Å²) in [5.74, 6) is -0.289. The molecule has 1 aromatic carbocycles. The quantitative estimate of drug-likeness (QED) is 0.761. The van der Waals surface area contributed by atoms with Crippen molar-refractivity contribution >= 4 is 6.03 Å². The van der Waals surface area contributed by atoms with E-state index in [-0.39, 0.29) is 17.9 Å². The lowest BCUT2D eigenvalue weighted by Crippen LogP contribution is -2.37. The van der Waals surface area contributed by atoms with Gasteiger partial charge in [0.1, 0.15) is 5.82 Å². The molecular formula is C13H19FN2O. The number of carbonyl (C=O) groups excluding carboxylic acids is 1. The molecule has 2 N–H and O–H groups in total. The van der Waals surface area contributed by atoms with E-state index in [0.717, 1.165) is 18.4 Å². The Kier molecular flexibility index (Phi) is 5.46. The molecular weight excluding hydrogens is 219 g/mol. The molecule has 1 aromatic rings. The first-order chi connectivity index (χ1) is 8.13. The fourth-order valence-corrected chi connectivity index (χ4v) is 1.49. The summed E-state index contributed by atoms with van der Waals surface area (Å²) in [6.45, 7) is 4.56. The SMILES string of the molecule is CCCCNC(=O)NC(C)c1cccc(F)c1. The van der Waals surface area contributed by atoms with Crippen molar-refractivity contribution < 1.29 is 9.18 Å². The second-order valence-corrected chi connectivity index (χ2v) is 4.03. The lowest BCUT2D eigenvalue weighted by Gasteiger charge is -2.15.